The first kappa shape index (κ1) is 14.4. The second-order valence-corrected chi connectivity index (χ2v) is 6.22. The monoisotopic (exact) mass is 348 g/mol. The molecule has 3 rings (SSSR count). The molecule has 1 atom stereocenters. The molecule has 1 saturated carbocycles. The van der Waals surface area contributed by atoms with Crippen LogP contribution in [0.5, 0.6) is 0 Å². The SMILES string of the molecule is O=C(N[C@H](CO)c1ccccc1)c1cc(Br)cn1C1CC1. The number of carbonyl (C=O) groups excluding carboxylic acids is 1. The van der Waals surface area contributed by atoms with Gasteiger partial charge in [0.05, 0.1) is 12.6 Å². The van der Waals surface area contributed by atoms with Gasteiger partial charge in [0.2, 0.25) is 0 Å². The lowest BCUT2D eigenvalue weighted by molar-refractivity contribution is 0.0906. The maximum atomic E-state index is 12.5. The Morgan fingerprint density at radius 3 is 2.71 bits per heavy atom. The van der Waals surface area contributed by atoms with Crippen LogP contribution >= 0.6 is 15.9 Å². The molecule has 1 aliphatic rings. The second kappa shape index (κ2) is 6.03. The fourth-order valence-corrected chi connectivity index (χ4v) is 2.87. The van der Waals surface area contributed by atoms with Crippen LogP contribution in [0.1, 0.15) is 41.0 Å². The van der Waals surface area contributed by atoms with Gasteiger partial charge in [-0.25, -0.2) is 0 Å². The maximum absolute atomic E-state index is 12.5. The molecule has 1 amide bonds. The summed E-state index contributed by atoms with van der Waals surface area (Å²) in [5.74, 6) is -0.157. The van der Waals surface area contributed by atoms with Crippen LogP contribution in [0.2, 0.25) is 0 Å². The van der Waals surface area contributed by atoms with E-state index in [0.717, 1.165) is 22.9 Å². The van der Waals surface area contributed by atoms with Crippen LogP contribution < -0.4 is 5.32 Å². The van der Waals surface area contributed by atoms with Crippen LogP contribution in [-0.2, 0) is 0 Å². The predicted octanol–water partition coefficient (Wildman–Crippen LogP) is 3.05. The van der Waals surface area contributed by atoms with Gasteiger partial charge in [0, 0.05) is 16.7 Å². The Morgan fingerprint density at radius 1 is 1.38 bits per heavy atom. The summed E-state index contributed by atoms with van der Waals surface area (Å²) < 4.78 is 2.92. The highest BCUT2D eigenvalue weighted by atomic mass is 79.9. The van der Waals surface area contributed by atoms with E-state index in [1.807, 2.05) is 47.2 Å². The Kier molecular flexibility index (Phi) is 4.12. The van der Waals surface area contributed by atoms with E-state index in [-0.39, 0.29) is 18.6 Å². The zero-order chi connectivity index (χ0) is 14.8. The van der Waals surface area contributed by atoms with Crippen LogP contribution in [0.15, 0.2) is 47.1 Å². The van der Waals surface area contributed by atoms with Crippen molar-refractivity contribution >= 4 is 21.8 Å². The predicted molar refractivity (Wildman–Crippen MR) is 84.1 cm³/mol. The van der Waals surface area contributed by atoms with Crippen molar-refractivity contribution < 1.29 is 9.90 Å². The smallest absolute Gasteiger partial charge is 0.268 e. The molecule has 1 heterocycles. The highest BCUT2D eigenvalue weighted by molar-refractivity contribution is 9.10. The molecule has 5 heteroatoms. The van der Waals surface area contributed by atoms with Gasteiger partial charge in [0.25, 0.3) is 5.91 Å². The third kappa shape index (κ3) is 3.19. The fraction of sp³-hybridized carbons (Fsp3) is 0.312. The number of halogens is 1. The summed E-state index contributed by atoms with van der Waals surface area (Å²) in [6.45, 7) is -0.124. The minimum absolute atomic E-state index is 0.124. The molecule has 1 fully saturated rings. The van der Waals surface area contributed by atoms with E-state index < -0.39 is 0 Å². The largest absolute Gasteiger partial charge is 0.394 e. The van der Waals surface area contributed by atoms with E-state index in [1.54, 1.807) is 0 Å². The van der Waals surface area contributed by atoms with Crippen LogP contribution in [-0.4, -0.2) is 22.2 Å². The van der Waals surface area contributed by atoms with Crippen LogP contribution in [0.3, 0.4) is 0 Å². The van der Waals surface area contributed by atoms with E-state index in [4.69, 9.17) is 0 Å². The highest BCUT2D eigenvalue weighted by Crippen LogP contribution is 2.37. The third-order valence-electron chi connectivity index (χ3n) is 3.68. The summed E-state index contributed by atoms with van der Waals surface area (Å²) >= 11 is 3.43. The molecule has 0 spiro atoms. The van der Waals surface area contributed by atoms with Crippen molar-refractivity contribution in [2.24, 2.45) is 0 Å². The number of aliphatic hydroxyl groups is 1. The van der Waals surface area contributed by atoms with Gasteiger partial charge in [-0.2, -0.15) is 0 Å². The molecule has 1 aliphatic carbocycles. The lowest BCUT2D eigenvalue weighted by Crippen LogP contribution is -2.32. The number of nitrogens with zero attached hydrogens (tertiary/aromatic N) is 1. The number of hydrogen-bond donors (Lipinski definition) is 2. The van der Waals surface area contributed by atoms with Crippen molar-refractivity contribution in [1.82, 2.24) is 9.88 Å². The Hall–Kier alpha value is -1.59. The lowest BCUT2D eigenvalue weighted by atomic mass is 10.1. The van der Waals surface area contributed by atoms with Gasteiger partial charge in [-0.15, -0.1) is 0 Å². The molecule has 0 unspecified atom stereocenters. The minimum Gasteiger partial charge on any atom is -0.394 e. The summed E-state index contributed by atoms with van der Waals surface area (Å²) in [5.41, 5.74) is 1.54. The molecule has 21 heavy (non-hydrogen) atoms. The van der Waals surface area contributed by atoms with Crippen LogP contribution in [0, 0.1) is 0 Å². The van der Waals surface area contributed by atoms with Gasteiger partial charge in [-0.1, -0.05) is 30.3 Å². The summed E-state index contributed by atoms with van der Waals surface area (Å²) in [6.07, 6.45) is 4.18. The van der Waals surface area contributed by atoms with Gasteiger partial charge in [0.1, 0.15) is 5.69 Å². The fourth-order valence-electron chi connectivity index (χ4n) is 2.43. The Morgan fingerprint density at radius 2 is 2.10 bits per heavy atom. The number of aliphatic hydroxyl groups excluding tert-OH is 1. The molecule has 1 aromatic heterocycles. The minimum atomic E-state index is -0.389. The molecule has 1 aromatic carbocycles. The first-order chi connectivity index (χ1) is 10.2. The van der Waals surface area contributed by atoms with E-state index in [0.29, 0.717) is 11.7 Å². The highest BCUT2D eigenvalue weighted by Gasteiger charge is 2.28. The molecule has 0 saturated heterocycles. The Bertz CT molecular complexity index is 635. The van der Waals surface area contributed by atoms with Crippen molar-refractivity contribution in [2.45, 2.75) is 24.9 Å². The molecule has 0 bridgehead atoms. The lowest BCUT2D eigenvalue weighted by Gasteiger charge is -2.17. The molecule has 4 nitrogen and oxygen atoms in total. The van der Waals surface area contributed by atoms with Crippen LogP contribution in [0.4, 0.5) is 0 Å². The second-order valence-electron chi connectivity index (χ2n) is 5.30. The molecule has 0 aliphatic heterocycles. The molecule has 0 radical (unpaired) electrons. The summed E-state index contributed by atoms with van der Waals surface area (Å²) in [4.78, 5) is 12.5. The third-order valence-corrected chi connectivity index (χ3v) is 4.11. The first-order valence-corrected chi connectivity index (χ1v) is 7.82. The van der Waals surface area contributed by atoms with Gasteiger partial charge in [0.15, 0.2) is 0 Å². The van der Waals surface area contributed by atoms with Gasteiger partial charge < -0.3 is 15.0 Å². The van der Waals surface area contributed by atoms with Crippen molar-refractivity contribution in [2.75, 3.05) is 6.61 Å². The van der Waals surface area contributed by atoms with Gasteiger partial charge in [-0.05, 0) is 40.4 Å². The van der Waals surface area contributed by atoms with Crippen molar-refractivity contribution in [1.29, 1.82) is 0 Å². The average molecular weight is 349 g/mol. The van der Waals surface area contributed by atoms with Crippen molar-refractivity contribution in [3.05, 3.63) is 58.3 Å². The summed E-state index contributed by atoms with van der Waals surface area (Å²) in [6, 6.07) is 11.4. The molecular formula is C16H17BrN2O2. The number of benzene rings is 1. The van der Waals surface area contributed by atoms with E-state index in [9.17, 15) is 9.90 Å². The van der Waals surface area contributed by atoms with Gasteiger partial charge in [-0.3, -0.25) is 4.79 Å². The standard InChI is InChI=1S/C16H17BrN2O2/c17-12-8-15(19(9-12)13-6-7-13)16(21)18-14(10-20)11-4-2-1-3-5-11/h1-5,8-9,13-14,20H,6-7,10H2,(H,18,21)/t14-/m1/s1. The number of carbonyl (C=O) groups is 1. The molecule has 110 valence electrons. The number of aromatic nitrogens is 1. The molecule has 2 N–H and O–H groups in total. The zero-order valence-corrected chi connectivity index (χ0v) is 13.1. The molecule has 2 aromatic rings. The molecular weight excluding hydrogens is 332 g/mol. The summed E-state index contributed by atoms with van der Waals surface area (Å²) in [5, 5.41) is 12.4. The number of nitrogens with one attached hydrogen (secondary N) is 1. The number of hydrogen-bond acceptors (Lipinski definition) is 2. The zero-order valence-electron chi connectivity index (χ0n) is 11.5. The van der Waals surface area contributed by atoms with Gasteiger partial charge >= 0.3 is 0 Å². The van der Waals surface area contributed by atoms with Crippen molar-refractivity contribution in [3.8, 4) is 0 Å². The normalized spacial score (nSPS) is 15.7. The quantitative estimate of drug-likeness (QED) is 0.872. The van der Waals surface area contributed by atoms with Crippen molar-refractivity contribution in [3.63, 3.8) is 0 Å². The number of rotatable bonds is 5. The Balaban J connectivity index is 1.79. The summed E-state index contributed by atoms with van der Waals surface area (Å²) in [7, 11) is 0. The average Bonchev–Trinajstić information content (AvgIpc) is 3.28. The maximum Gasteiger partial charge on any atom is 0.268 e. The Labute approximate surface area is 131 Å². The van der Waals surface area contributed by atoms with Crippen LogP contribution in [0.25, 0.3) is 0 Å². The van der Waals surface area contributed by atoms with E-state index in [2.05, 4.69) is 21.2 Å². The van der Waals surface area contributed by atoms with E-state index in [1.165, 1.54) is 0 Å². The first-order valence-electron chi connectivity index (χ1n) is 7.03. The van der Waals surface area contributed by atoms with E-state index >= 15 is 0 Å². The topological polar surface area (TPSA) is 54.3 Å². The number of amides is 1.